The first-order valence-corrected chi connectivity index (χ1v) is 9.14. The number of H-pyrrole nitrogens is 1. The minimum absolute atomic E-state index is 0.0838. The standard InChI is InChI=1S/C15H18N4O3S/c1-23(21,22)19-9-7-18(8-10-19)15(20)13-4-2-3-12(11-13)14-5-6-16-17-14/h2-6,11H,7-10H2,1H3,(H,16,17). The van der Waals surface area contributed by atoms with Gasteiger partial charge in [0.2, 0.25) is 10.0 Å². The van der Waals surface area contributed by atoms with Crippen molar-refractivity contribution in [3.8, 4) is 11.3 Å². The van der Waals surface area contributed by atoms with E-state index in [9.17, 15) is 13.2 Å². The van der Waals surface area contributed by atoms with Crippen LogP contribution in [0.4, 0.5) is 0 Å². The molecule has 23 heavy (non-hydrogen) atoms. The Hall–Kier alpha value is -2.19. The number of sulfonamides is 1. The summed E-state index contributed by atoms with van der Waals surface area (Å²) in [6.07, 6.45) is 2.85. The maximum atomic E-state index is 12.6. The largest absolute Gasteiger partial charge is 0.336 e. The van der Waals surface area contributed by atoms with E-state index in [1.165, 1.54) is 10.6 Å². The van der Waals surface area contributed by atoms with Crippen molar-refractivity contribution in [1.29, 1.82) is 0 Å². The Balaban J connectivity index is 1.73. The van der Waals surface area contributed by atoms with Gasteiger partial charge in [0, 0.05) is 43.5 Å². The molecule has 1 aromatic heterocycles. The van der Waals surface area contributed by atoms with Gasteiger partial charge in [-0.3, -0.25) is 9.89 Å². The van der Waals surface area contributed by atoms with Crippen LogP contribution in [0.3, 0.4) is 0 Å². The molecular formula is C15H18N4O3S. The van der Waals surface area contributed by atoms with Crippen molar-refractivity contribution in [3.05, 3.63) is 42.1 Å². The molecule has 0 aliphatic carbocycles. The Labute approximate surface area is 135 Å². The number of hydrogen-bond acceptors (Lipinski definition) is 4. The normalized spacial score (nSPS) is 16.5. The zero-order valence-corrected chi connectivity index (χ0v) is 13.6. The molecule has 1 N–H and O–H groups in total. The van der Waals surface area contributed by atoms with Gasteiger partial charge in [0.1, 0.15) is 0 Å². The van der Waals surface area contributed by atoms with E-state index in [0.717, 1.165) is 11.3 Å². The number of nitrogens with one attached hydrogen (secondary N) is 1. The Morgan fingerprint density at radius 3 is 2.52 bits per heavy atom. The lowest BCUT2D eigenvalue weighted by Gasteiger charge is -2.33. The molecular weight excluding hydrogens is 316 g/mol. The van der Waals surface area contributed by atoms with Crippen LogP contribution >= 0.6 is 0 Å². The van der Waals surface area contributed by atoms with Gasteiger partial charge in [0.25, 0.3) is 5.91 Å². The summed E-state index contributed by atoms with van der Waals surface area (Å²) in [5.41, 5.74) is 2.33. The predicted molar refractivity (Wildman–Crippen MR) is 86.3 cm³/mol. The van der Waals surface area contributed by atoms with Gasteiger partial charge in [0.15, 0.2) is 0 Å². The molecule has 1 amide bonds. The lowest BCUT2D eigenvalue weighted by Crippen LogP contribution is -2.50. The van der Waals surface area contributed by atoms with E-state index in [0.29, 0.717) is 31.7 Å². The molecule has 2 heterocycles. The molecule has 1 aromatic carbocycles. The number of rotatable bonds is 3. The maximum Gasteiger partial charge on any atom is 0.253 e. The number of carbonyl (C=O) groups is 1. The summed E-state index contributed by atoms with van der Waals surface area (Å²) in [7, 11) is -3.19. The molecule has 0 atom stereocenters. The topological polar surface area (TPSA) is 86.4 Å². The second kappa shape index (κ2) is 6.13. The fourth-order valence-corrected chi connectivity index (χ4v) is 3.47. The maximum absolute atomic E-state index is 12.6. The van der Waals surface area contributed by atoms with Gasteiger partial charge in [-0.25, -0.2) is 8.42 Å². The van der Waals surface area contributed by atoms with E-state index in [2.05, 4.69) is 10.2 Å². The second-order valence-corrected chi connectivity index (χ2v) is 7.49. The fraction of sp³-hybridized carbons (Fsp3) is 0.333. The molecule has 0 bridgehead atoms. The molecule has 1 aliphatic heterocycles. The van der Waals surface area contributed by atoms with Gasteiger partial charge in [0.05, 0.1) is 11.9 Å². The van der Waals surface area contributed by atoms with E-state index in [1.807, 2.05) is 24.3 Å². The van der Waals surface area contributed by atoms with Gasteiger partial charge in [-0.2, -0.15) is 9.40 Å². The van der Waals surface area contributed by atoms with E-state index >= 15 is 0 Å². The SMILES string of the molecule is CS(=O)(=O)N1CCN(C(=O)c2cccc(-c3ccn[nH]3)c2)CC1. The van der Waals surface area contributed by atoms with Crippen LogP contribution in [0.1, 0.15) is 10.4 Å². The summed E-state index contributed by atoms with van der Waals surface area (Å²) in [4.78, 5) is 14.3. The highest BCUT2D eigenvalue weighted by molar-refractivity contribution is 7.88. The monoisotopic (exact) mass is 334 g/mol. The van der Waals surface area contributed by atoms with Crippen molar-refractivity contribution in [2.45, 2.75) is 0 Å². The lowest BCUT2D eigenvalue weighted by molar-refractivity contribution is 0.0698. The van der Waals surface area contributed by atoms with Crippen LogP contribution in [0.2, 0.25) is 0 Å². The summed E-state index contributed by atoms with van der Waals surface area (Å²) in [6, 6.07) is 9.17. The highest BCUT2D eigenvalue weighted by Crippen LogP contribution is 2.19. The van der Waals surface area contributed by atoms with E-state index in [4.69, 9.17) is 0 Å². The summed E-state index contributed by atoms with van der Waals surface area (Å²) < 4.78 is 24.4. The molecule has 3 rings (SSSR count). The molecule has 2 aromatic rings. The molecule has 1 aliphatic rings. The van der Waals surface area contributed by atoms with Crippen molar-refractivity contribution < 1.29 is 13.2 Å². The third-order valence-electron chi connectivity index (χ3n) is 3.92. The second-order valence-electron chi connectivity index (χ2n) is 5.51. The number of aromatic nitrogens is 2. The van der Waals surface area contributed by atoms with Crippen LogP contribution in [0.25, 0.3) is 11.3 Å². The van der Waals surface area contributed by atoms with E-state index in [1.54, 1.807) is 17.2 Å². The van der Waals surface area contributed by atoms with Crippen LogP contribution in [0.5, 0.6) is 0 Å². The molecule has 1 fully saturated rings. The average molecular weight is 334 g/mol. The van der Waals surface area contributed by atoms with Crippen molar-refractivity contribution >= 4 is 15.9 Å². The minimum Gasteiger partial charge on any atom is -0.336 e. The number of amides is 1. The highest BCUT2D eigenvalue weighted by Gasteiger charge is 2.26. The first-order valence-electron chi connectivity index (χ1n) is 7.29. The fourth-order valence-electron chi connectivity index (χ4n) is 2.64. The van der Waals surface area contributed by atoms with Crippen LogP contribution in [-0.4, -0.2) is 66.2 Å². The summed E-state index contributed by atoms with van der Waals surface area (Å²) in [5.74, 6) is -0.0838. The van der Waals surface area contributed by atoms with Crippen LogP contribution in [-0.2, 0) is 10.0 Å². The number of benzene rings is 1. The number of nitrogens with zero attached hydrogens (tertiary/aromatic N) is 3. The van der Waals surface area contributed by atoms with Crippen molar-refractivity contribution in [2.75, 3.05) is 32.4 Å². The minimum atomic E-state index is -3.19. The first-order chi connectivity index (χ1) is 10.9. The number of aromatic amines is 1. The molecule has 8 heteroatoms. The zero-order chi connectivity index (χ0) is 16.4. The van der Waals surface area contributed by atoms with Gasteiger partial charge in [-0.05, 0) is 18.2 Å². The van der Waals surface area contributed by atoms with Crippen LogP contribution in [0.15, 0.2) is 36.5 Å². The predicted octanol–water partition coefficient (Wildman–Crippen LogP) is 0.794. The Bertz CT molecular complexity index is 794. The Morgan fingerprint density at radius 2 is 1.91 bits per heavy atom. The van der Waals surface area contributed by atoms with E-state index in [-0.39, 0.29) is 5.91 Å². The van der Waals surface area contributed by atoms with Gasteiger partial charge >= 0.3 is 0 Å². The Kier molecular flexibility index (Phi) is 4.18. The number of carbonyl (C=O) groups excluding carboxylic acids is 1. The molecule has 0 spiro atoms. The van der Waals surface area contributed by atoms with Gasteiger partial charge in [-0.1, -0.05) is 12.1 Å². The third-order valence-corrected chi connectivity index (χ3v) is 5.22. The molecule has 0 unspecified atom stereocenters. The molecule has 1 saturated heterocycles. The van der Waals surface area contributed by atoms with Crippen molar-refractivity contribution in [3.63, 3.8) is 0 Å². The van der Waals surface area contributed by atoms with Crippen LogP contribution in [0, 0.1) is 0 Å². The van der Waals surface area contributed by atoms with Gasteiger partial charge in [-0.15, -0.1) is 0 Å². The average Bonchev–Trinajstić information content (AvgIpc) is 3.08. The third kappa shape index (κ3) is 3.43. The van der Waals surface area contributed by atoms with Gasteiger partial charge < -0.3 is 4.90 Å². The smallest absolute Gasteiger partial charge is 0.253 e. The Morgan fingerprint density at radius 1 is 1.17 bits per heavy atom. The molecule has 0 radical (unpaired) electrons. The first kappa shape index (κ1) is 15.7. The lowest BCUT2D eigenvalue weighted by atomic mass is 10.1. The summed E-state index contributed by atoms with van der Waals surface area (Å²) in [5, 5.41) is 6.78. The van der Waals surface area contributed by atoms with Crippen LogP contribution < -0.4 is 0 Å². The quantitative estimate of drug-likeness (QED) is 0.899. The zero-order valence-electron chi connectivity index (χ0n) is 12.8. The molecule has 7 nitrogen and oxygen atoms in total. The number of hydrogen-bond donors (Lipinski definition) is 1. The molecule has 122 valence electrons. The highest BCUT2D eigenvalue weighted by atomic mass is 32.2. The molecule has 0 saturated carbocycles. The number of piperazine rings is 1. The van der Waals surface area contributed by atoms with Crippen molar-refractivity contribution in [2.24, 2.45) is 0 Å². The van der Waals surface area contributed by atoms with Crippen molar-refractivity contribution in [1.82, 2.24) is 19.4 Å². The summed E-state index contributed by atoms with van der Waals surface area (Å²) >= 11 is 0. The van der Waals surface area contributed by atoms with E-state index < -0.39 is 10.0 Å². The summed E-state index contributed by atoms with van der Waals surface area (Å²) in [6.45, 7) is 1.48.